The molecule has 0 bridgehead atoms. The van der Waals surface area contributed by atoms with E-state index in [1.165, 1.54) is 0 Å². The normalized spacial score (nSPS) is 13.8. The third kappa shape index (κ3) is 3.91. The van der Waals surface area contributed by atoms with Gasteiger partial charge in [-0.05, 0) is 41.3 Å². The van der Waals surface area contributed by atoms with Crippen LogP contribution in [0.15, 0.2) is 47.2 Å². The van der Waals surface area contributed by atoms with E-state index >= 15 is 0 Å². The van der Waals surface area contributed by atoms with Crippen molar-refractivity contribution in [3.05, 3.63) is 58.3 Å². The van der Waals surface area contributed by atoms with Crippen LogP contribution < -0.4 is 11.1 Å². The summed E-state index contributed by atoms with van der Waals surface area (Å²) in [5.41, 5.74) is 8.13. The van der Waals surface area contributed by atoms with Crippen LogP contribution in [-0.2, 0) is 11.2 Å². The number of thiophene rings is 1. The minimum Gasteiger partial charge on any atom is -0.348 e. The second-order valence-electron chi connectivity index (χ2n) is 4.58. The molecule has 1 aromatic carbocycles. The Labute approximate surface area is 117 Å². The average molecular weight is 274 g/mol. The van der Waals surface area contributed by atoms with Crippen LogP contribution >= 0.6 is 11.3 Å². The molecule has 4 heteroatoms. The highest BCUT2D eigenvalue weighted by atomic mass is 32.1. The highest BCUT2D eigenvalue weighted by Crippen LogP contribution is 2.15. The van der Waals surface area contributed by atoms with Gasteiger partial charge in [0.05, 0.1) is 12.1 Å². The second-order valence-corrected chi connectivity index (χ2v) is 5.36. The molecule has 0 aliphatic heterocycles. The Morgan fingerprint density at radius 3 is 2.68 bits per heavy atom. The lowest BCUT2D eigenvalue weighted by Crippen LogP contribution is -2.42. The number of carbonyl (C=O) groups excluding carboxylic acids is 1. The van der Waals surface area contributed by atoms with Crippen LogP contribution in [0.25, 0.3) is 0 Å². The van der Waals surface area contributed by atoms with Gasteiger partial charge < -0.3 is 11.1 Å². The number of benzene rings is 1. The van der Waals surface area contributed by atoms with Crippen LogP contribution in [-0.4, -0.2) is 11.9 Å². The van der Waals surface area contributed by atoms with E-state index in [0.717, 1.165) is 11.1 Å². The van der Waals surface area contributed by atoms with Crippen molar-refractivity contribution in [3.63, 3.8) is 0 Å². The maximum absolute atomic E-state index is 12.0. The molecule has 2 rings (SSSR count). The smallest absolute Gasteiger partial charge is 0.237 e. The highest BCUT2D eigenvalue weighted by molar-refractivity contribution is 7.07. The van der Waals surface area contributed by atoms with E-state index in [-0.39, 0.29) is 11.9 Å². The fraction of sp³-hybridized carbons (Fsp3) is 0.267. The molecule has 19 heavy (non-hydrogen) atoms. The molecule has 0 aliphatic carbocycles. The van der Waals surface area contributed by atoms with Gasteiger partial charge in [-0.15, -0.1) is 0 Å². The fourth-order valence-corrected chi connectivity index (χ4v) is 2.64. The number of hydrogen-bond donors (Lipinski definition) is 2. The summed E-state index contributed by atoms with van der Waals surface area (Å²) in [6, 6.07) is 11.3. The van der Waals surface area contributed by atoms with Crippen molar-refractivity contribution in [3.8, 4) is 0 Å². The third-order valence-corrected chi connectivity index (χ3v) is 3.74. The van der Waals surface area contributed by atoms with Gasteiger partial charge in [0.25, 0.3) is 0 Å². The summed E-state index contributed by atoms with van der Waals surface area (Å²) in [6.07, 6.45) is 0.559. The molecule has 1 heterocycles. The molecule has 0 spiro atoms. The summed E-state index contributed by atoms with van der Waals surface area (Å²) in [6.45, 7) is 1.97. The van der Waals surface area contributed by atoms with E-state index in [0.29, 0.717) is 6.42 Å². The van der Waals surface area contributed by atoms with Crippen molar-refractivity contribution in [2.45, 2.75) is 25.4 Å². The molecule has 3 N–H and O–H groups in total. The summed E-state index contributed by atoms with van der Waals surface area (Å²) >= 11 is 1.62. The average Bonchev–Trinajstić information content (AvgIpc) is 2.93. The standard InChI is InChI=1S/C15H18N2OS/c1-11(13-7-8-19-10-13)17-15(18)14(16)9-12-5-3-2-4-6-12/h2-8,10-11,14H,9,16H2,1H3,(H,17,18)/t11?,14-/m1/s1. The zero-order valence-corrected chi connectivity index (χ0v) is 11.7. The van der Waals surface area contributed by atoms with E-state index in [1.54, 1.807) is 11.3 Å². The summed E-state index contributed by atoms with van der Waals surface area (Å²) < 4.78 is 0. The Kier molecular flexibility index (Phi) is 4.71. The number of nitrogens with one attached hydrogen (secondary N) is 1. The fourth-order valence-electron chi connectivity index (χ4n) is 1.89. The topological polar surface area (TPSA) is 55.1 Å². The molecule has 3 nitrogen and oxygen atoms in total. The van der Waals surface area contributed by atoms with Gasteiger partial charge in [0, 0.05) is 0 Å². The Morgan fingerprint density at radius 1 is 1.32 bits per heavy atom. The van der Waals surface area contributed by atoms with Crippen LogP contribution in [0.2, 0.25) is 0 Å². The number of amides is 1. The van der Waals surface area contributed by atoms with Crippen molar-refractivity contribution < 1.29 is 4.79 Å². The van der Waals surface area contributed by atoms with Gasteiger partial charge >= 0.3 is 0 Å². The summed E-state index contributed by atoms with van der Waals surface area (Å²) in [5, 5.41) is 6.98. The van der Waals surface area contributed by atoms with Gasteiger partial charge in [-0.2, -0.15) is 11.3 Å². The molecule has 0 aliphatic rings. The summed E-state index contributed by atoms with van der Waals surface area (Å²) in [5.74, 6) is -0.109. The first-order valence-electron chi connectivity index (χ1n) is 6.29. The molecule has 1 unspecified atom stereocenters. The highest BCUT2D eigenvalue weighted by Gasteiger charge is 2.17. The molecule has 0 saturated heterocycles. The minimum atomic E-state index is -0.511. The van der Waals surface area contributed by atoms with Crippen molar-refractivity contribution in [2.75, 3.05) is 0 Å². The first kappa shape index (κ1) is 13.8. The number of nitrogens with two attached hydrogens (primary N) is 1. The molecule has 100 valence electrons. The predicted octanol–water partition coefficient (Wildman–Crippen LogP) is 2.50. The van der Waals surface area contributed by atoms with Crippen molar-refractivity contribution >= 4 is 17.2 Å². The molecular formula is C15H18N2OS. The Hall–Kier alpha value is -1.65. The van der Waals surface area contributed by atoms with Crippen LogP contribution in [0.3, 0.4) is 0 Å². The molecule has 0 radical (unpaired) electrons. The zero-order valence-electron chi connectivity index (χ0n) is 10.9. The lowest BCUT2D eigenvalue weighted by atomic mass is 10.1. The SMILES string of the molecule is CC(NC(=O)[C@H](N)Cc1ccccc1)c1ccsc1. The van der Waals surface area contributed by atoms with E-state index < -0.39 is 6.04 Å². The third-order valence-electron chi connectivity index (χ3n) is 3.04. The molecule has 1 amide bonds. The molecule has 2 atom stereocenters. The quantitative estimate of drug-likeness (QED) is 0.880. The number of rotatable bonds is 5. The first-order chi connectivity index (χ1) is 9.16. The Morgan fingerprint density at radius 2 is 2.05 bits per heavy atom. The lowest BCUT2D eigenvalue weighted by molar-refractivity contribution is -0.123. The van der Waals surface area contributed by atoms with Gasteiger partial charge in [-0.3, -0.25) is 4.79 Å². The van der Waals surface area contributed by atoms with Gasteiger partial charge in [-0.1, -0.05) is 30.3 Å². The predicted molar refractivity (Wildman–Crippen MR) is 79.0 cm³/mol. The van der Waals surface area contributed by atoms with Gasteiger partial charge in [0.1, 0.15) is 0 Å². The van der Waals surface area contributed by atoms with E-state index in [1.807, 2.05) is 54.1 Å². The minimum absolute atomic E-state index is 0.000531. The van der Waals surface area contributed by atoms with E-state index in [2.05, 4.69) is 5.32 Å². The monoisotopic (exact) mass is 274 g/mol. The Balaban J connectivity index is 1.89. The van der Waals surface area contributed by atoms with Crippen LogP contribution in [0.4, 0.5) is 0 Å². The lowest BCUT2D eigenvalue weighted by Gasteiger charge is -2.17. The van der Waals surface area contributed by atoms with Crippen LogP contribution in [0.5, 0.6) is 0 Å². The molecular weight excluding hydrogens is 256 g/mol. The maximum Gasteiger partial charge on any atom is 0.237 e. The molecule has 0 fully saturated rings. The second kappa shape index (κ2) is 6.50. The molecule has 2 aromatic rings. The molecule has 1 aromatic heterocycles. The van der Waals surface area contributed by atoms with E-state index in [9.17, 15) is 4.79 Å². The van der Waals surface area contributed by atoms with Crippen LogP contribution in [0, 0.1) is 0 Å². The summed E-state index contributed by atoms with van der Waals surface area (Å²) in [7, 11) is 0. The van der Waals surface area contributed by atoms with Crippen molar-refractivity contribution in [1.82, 2.24) is 5.32 Å². The van der Waals surface area contributed by atoms with E-state index in [4.69, 9.17) is 5.73 Å². The zero-order chi connectivity index (χ0) is 13.7. The Bertz CT molecular complexity index is 510. The van der Waals surface area contributed by atoms with Crippen LogP contribution in [0.1, 0.15) is 24.1 Å². The molecule has 0 saturated carbocycles. The first-order valence-corrected chi connectivity index (χ1v) is 7.23. The largest absolute Gasteiger partial charge is 0.348 e. The number of carbonyl (C=O) groups is 1. The summed E-state index contributed by atoms with van der Waals surface area (Å²) in [4.78, 5) is 12.0. The van der Waals surface area contributed by atoms with Gasteiger partial charge in [-0.25, -0.2) is 0 Å². The van der Waals surface area contributed by atoms with Gasteiger partial charge in [0.2, 0.25) is 5.91 Å². The van der Waals surface area contributed by atoms with Crippen molar-refractivity contribution in [2.24, 2.45) is 5.73 Å². The number of hydrogen-bond acceptors (Lipinski definition) is 3. The maximum atomic E-state index is 12.0. The van der Waals surface area contributed by atoms with Crippen molar-refractivity contribution in [1.29, 1.82) is 0 Å². The van der Waals surface area contributed by atoms with Gasteiger partial charge in [0.15, 0.2) is 0 Å².